The molecule has 0 radical (unpaired) electrons. The molecule has 0 N–H and O–H groups in total. The average Bonchev–Trinajstić information content (AvgIpc) is 3.46. The molecule has 0 saturated heterocycles. The van der Waals surface area contributed by atoms with E-state index in [-0.39, 0.29) is 18.1 Å². The molecule has 4 aromatic rings. The van der Waals surface area contributed by atoms with Gasteiger partial charge in [0.15, 0.2) is 0 Å². The smallest absolute Gasteiger partial charge is 0.227 e. The Kier molecular flexibility index (Phi) is 6.21. The maximum atomic E-state index is 13.8. The van der Waals surface area contributed by atoms with Gasteiger partial charge >= 0.3 is 0 Å². The van der Waals surface area contributed by atoms with Gasteiger partial charge in [-0.25, -0.2) is 4.39 Å². The van der Waals surface area contributed by atoms with Crippen LogP contribution in [0.5, 0.6) is 0 Å². The lowest BCUT2D eigenvalue weighted by Gasteiger charge is -2.21. The minimum atomic E-state index is -0.325. The Balaban J connectivity index is 1.42. The molecule has 0 aliphatic heterocycles. The fourth-order valence-electron chi connectivity index (χ4n) is 3.20. The number of carbonyl (C=O) groups excluding carboxylic acids is 1. The summed E-state index contributed by atoms with van der Waals surface area (Å²) in [6, 6.07) is 18.2. The highest BCUT2D eigenvalue weighted by Gasteiger charge is 2.18. The van der Waals surface area contributed by atoms with Gasteiger partial charge in [-0.05, 0) is 36.2 Å². The number of aromatic nitrogens is 2. The second-order valence-corrected chi connectivity index (χ2v) is 7.29. The van der Waals surface area contributed by atoms with E-state index in [1.54, 1.807) is 36.3 Å². The van der Waals surface area contributed by atoms with Crippen LogP contribution in [-0.4, -0.2) is 20.9 Å². The van der Waals surface area contributed by atoms with Gasteiger partial charge in [-0.3, -0.25) is 4.79 Å². The summed E-state index contributed by atoms with van der Waals surface area (Å²) in [5.41, 5.74) is 2.12. The van der Waals surface area contributed by atoms with Crippen molar-refractivity contribution in [3.8, 4) is 11.4 Å². The first-order chi connectivity index (χ1) is 15.1. The van der Waals surface area contributed by atoms with E-state index in [0.29, 0.717) is 48.1 Å². The normalized spacial score (nSPS) is 10.9. The number of benzene rings is 2. The van der Waals surface area contributed by atoms with Crippen molar-refractivity contribution in [3.63, 3.8) is 0 Å². The van der Waals surface area contributed by atoms with Gasteiger partial charge in [-0.15, -0.1) is 0 Å². The van der Waals surface area contributed by atoms with E-state index in [1.807, 2.05) is 36.4 Å². The molecule has 7 heteroatoms. The largest absolute Gasteiger partial charge is 0.467 e. The third-order valence-electron chi connectivity index (χ3n) is 4.95. The van der Waals surface area contributed by atoms with Crippen molar-refractivity contribution in [2.45, 2.75) is 32.9 Å². The van der Waals surface area contributed by atoms with Crippen LogP contribution in [-0.2, 0) is 24.3 Å². The quantitative estimate of drug-likeness (QED) is 0.405. The number of hydrogen-bond acceptors (Lipinski definition) is 5. The minimum Gasteiger partial charge on any atom is -0.467 e. The van der Waals surface area contributed by atoms with Crippen molar-refractivity contribution in [2.24, 2.45) is 0 Å². The van der Waals surface area contributed by atoms with Gasteiger partial charge in [-0.1, -0.05) is 47.6 Å². The molecular weight excluding hydrogens is 397 g/mol. The van der Waals surface area contributed by atoms with Crippen molar-refractivity contribution in [1.82, 2.24) is 15.0 Å². The van der Waals surface area contributed by atoms with Crippen LogP contribution in [0.1, 0.15) is 29.2 Å². The Labute approximate surface area is 179 Å². The Morgan fingerprint density at radius 3 is 2.65 bits per heavy atom. The van der Waals surface area contributed by atoms with Crippen molar-refractivity contribution >= 4 is 5.91 Å². The number of aryl methyl sites for hydroxylation is 2. The number of nitrogens with zero attached hydrogens (tertiary/aromatic N) is 3. The summed E-state index contributed by atoms with van der Waals surface area (Å²) in [6.45, 7) is 2.53. The number of hydrogen-bond donors (Lipinski definition) is 0. The molecule has 0 aliphatic carbocycles. The molecule has 0 unspecified atom stereocenters. The summed E-state index contributed by atoms with van der Waals surface area (Å²) in [4.78, 5) is 19.0. The van der Waals surface area contributed by atoms with Crippen LogP contribution in [0.2, 0.25) is 0 Å². The fraction of sp³-hybridized carbons (Fsp3) is 0.208. The summed E-state index contributed by atoms with van der Waals surface area (Å²) < 4.78 is 24.5. The molecule has 2 heterocycles. The predicted octanol–water partition coefficient (Wildman–Crippen LogP) is 4.94. The fourth-order valence-corrected chi connectivity index (χ4v) is 3.20. The van der Waals surface area contributed by atoms with Gasteiger partial charge in [0.05, 0.1) is 12.8 Å². The van der Waals surface area contributed by atoms with Crippen molar-refractivity contribution in [1.29, 1.82) is 0 Å². The number of amides is 1. The summed E-state index contributed by atoms with van der Waals surface area (Å²) in [6.07, 6.45) is 2.09. The van der Waals surface area contributed by atoms with Crippen molar-refractivity contribution < 1.29 is 18.1 Å². The highest BCUT2D eigenvalue weighted by molar-refractivity contribution is 5.76. The summed E-state index contributed by atoms with van der Waals surface area (Å²) >= 11 is 0. The van der Waals surface area contributed by atoms with E-state index >= 15 is 0 Å². The first-order valence-electron chi connectivity index (χ1n) is 10.0. The van der Waals surface area contributed by atoms with E-state index in [0.717, 1.165) is 5.56 Å². The van der Waals surface area contributed by atoms with Crippen LogP contribution in [0.3, 0.4) is 0 Å². The topological polar surface area (TPSA) is 72.4 Å². The average molecular weight is 419 g/mol. The molecule has 0 saturated carbocycles. The van der Waals surface area contributed by atoms with Gasteiger partial charge in [0.2, 0.25) is 17.6 Å². The first-order valence-corrected chi connectivity index (χ1v) is 10.0. The third-order valence-corrected chi connectivity index (χ3v) is 4.95. The SMILES string of the molecule is Cc1ccc(-c2noc(CCC(=O)N(Cc3ccccc3)Cc3ccco3)n2)cc1F. The standard InChI is InChI=1S/C24H22FN3O3/c1-17-9-10-19(14-21(17)25)24-26-22(31-27-24)11-12-23(29)28(16-20-8-5-13-30-20)15-18-6-3-2-4-7-18/h2-10,13-14H,11-12,15-16H2,1H3. The van der Waals surface area contributed by atoms with E-state index in [2.05, 4.69) is 10.1 Å². The van der Waals surface area contributed by atoms with Crippen molar-refractivity contribution in [2.75, 3.05) is 0 Å². The first kappa shape index (κ1) is 20.5. The van der Waals surface area contributed by atoms with Crippen LogP contribution in [0.25, 0.3) is 11.4 Å². The molecule has 31 heavy (non-hydrogen) atoms. The van der Waals surface area contributed by atoms with Crippen LogP contribution in [0, 0.1) is 12.7 Å². The molecule has 2 aromatic carbocycles. The molecule has 0 bridgehead atoms. The third kappa shape index (κ3) is 5.25. The second-order valence-electron chi connectivity index (χ2n) is 7.29. The molecule has 158 valence electrons. The Morgan fingerprint density at radius 2 is 1.90 bits per heavy atom. The van der Waals surface area contributed by atoms with Gasteiger partial charge in [0.1, 0.15) is 11.6 Å². The summed E-state index contributed by atoms with van der Waals surface area (Å²) in [7, 11) is 0. The van der Waals surface area contributed by atoms with Gasteiger partial charge in [0.25, 0.3) is 0 Å². The maximum absolute atomic E-state index is 13.8. The van der Waals surface area contributed by atoms with Crippen LogP contribution >= 0.6 is 0 Å². The van der Waals surface area contributed by atoms with E-state index in [1.165, 1.54) is 6.07 Å². The Bertz CT molecular complexity index is 1140. The van der Waals surface area contributed by atoms with Crippen LogP contribution in [0.4, 0.5) is 4.39 Å². The number of rotatable bonds is 8. The van der Waals surface area contributed by atoms with E-state index in [4.69, 9.17) is 8.94 Å². The van der Waals surface area contributed by atoms with E-state index in [9.17, 15) is 9.18 Å². The lowest BCUT2D eigenvalue weighted by atomic mass is 10.1. The highest BCUT2D eigenvalue weighted by atomic mass is 19.1. The molecule has 0 atom stereocenters. The molecule has 0 aliphatic rings. The summed E-state index contributed by atoms with van der Waals surface area (Å²) in [5.74, 6) is 0.973. The van der Waals surface area contributed by atoms with Gasteiger partial charge in [0, 0.05) is 24.9 Å². The molecule has 1 amide bonds. The Morgan fingerprint density at radius 1 is 1.06 bits per heavy atom. The summed E-state index contributed by atoms with van der Waals surface area (Å²) in [5, 5.41) is 3.92. The van der Waals surface area contributed by atoms with E-state index < -0.39 is 0 Å². The predicted molar refractivity (Wildman–Crippen MR) is 112 cm³/mol. The second kappa shape index (κ2) is 9.38. The molecule has 4 rings (SSSR count). The number of carbonyl (C=O) groups is 1. The zero-order valence-corrected chi connectivity index (χ0v) is 17.1. The molecule has 6 nitrogen and oxygen atoms in total. The molecule has 2 aromatic heterocycles. The Hall–Kier alpha value is -3.74. The zero-order valence-electron chi connectivity index (χ0n) is 17.1. The van der Waals surface area contributed by atoms with Crippen LogP contribution < -0.4 is 0 Å². The molecular formula is C24H22FN3O3. The lowest BCUT2D eigenvalue weighted by Crippen LogP contribution is -2.30. The van der Waals surface area contributed by atoms with Crippen LogP contribution in [0.15, 0.2) is 75.9 Å². The lowest BCUT2D eigenvalue weighted by molar-refractivity contribution is -0.132. The van der Waals surface area contributed by atoms with Crippen molar-refractivity contribution in [3.05, 3.63) is 95.5 Å². The maximum Gasteiger partial charge on any atom is 0.227 e. The minimum absolute atomic E-state index is 0.0543. The molecule has 0 fully saturated rings. The highest BCUT2D eigenvalue weighted by Crippen LogP contribution is 2.20. The van der Waals surface area contributed by atoms with Gasteiger partial charge < -0.3 is 13.8 Å². The number of furan rings is 1. The zero-order chi connectivity index (χ0) is 21.6. The monoisotopic (exact) mass is 419 g/mol. The number of halogens is 1. The molecule has 0 spiro atoms. The van der Waals surface area contributed by atoms with Gasteiger partial charge in [-0.2, -0.15) is 4.98 Å².